The zero-order chi connectivity index (χ0) is 49.1. The SMILES string of the molecule is CC/C=C\CC(O)/C=C/C=C/C/C=C\C/C=C\C/C=C\CCC(=O)O[C@H](COC(=O)CCCCCCC/C=C\CCCCCC)COP(=O)(O)O[C@H]1C(O)C(O)C(O)[C@@H](OP(=O)(O)O)C1O. The smallest absolute Gasteiger partial charge is 0.462 e. The fraction of sp³-hybridized carbons (Fsp3) is 0.660. The Labute approximate surface area is 391 Å². The second kappa shape index (κ2) is 37.1. The van der Waals surface area contributed by atoms with E-state index in [0.29, 0.717) is 19.3 Å². The Hall–Kier alpha value is -2.86. The van der Waals surface area contributed by atoms with Crippen LogP contribution < -0.4 is 0 Å². The van der Waals surface area contributed by atoms with Crippen LogP contribution in [0.1, 0.15) is 136 Å². The topological polar surface area (TPSA) is 276 Å². The maximum atomic E-state index is 13.0. The van der Waals surface area contributed by atoms with Gasteiger partial charge in [0.05, 0.1) is 12.7 Å². The van der Waals surface area contributed by atoms with Gasteiger partial charge in [0.25, 0.3) is 0 Å². The van der Waals surface area contributed by atoms with Crippen LogP contribution in [0.15, 0.2) is 85.1 Å². The molecule has 66 heavy (non-hydrogen) atoms. The van der Waals surface area contributed by atoms with E-state index >= 15 is 0 Å². The number of phosphoric ester groups is 2. The van der Waals surface area contributed by atoms with Crippen molar-refractivity contribution in [2.75, 3.05) is 13.2 Å². The van der Waals surface area contributed by atoms with Crippen molar-refractivity contribution in [2.45, 2.75) is 185 Å². The van der Waals surface area contributed by atoms with Crippen molar-refractivity contribution < 1.29 is 82.0 Å². The lowest BCUT2D eigenvalue weighted by molar-refractivity contribution is -0.216. The molecular formula is C47H78O17P2. The first-order chi connectivity index (χ1) is 31.5. The molecule has 1 aliphatic rings. The van der Waals surface area contributed by atoms with Crippen molar-refractivity contribution in [2.24, 2.45) is 0 Å². The maximum absolute atomic E-state index is 13.0. The Morgan fingerprint density at radius 1 is 0.576 bits per heavy atom. The Morgan fingerprint density at radius 2 is 1.14 bits per heavy atom. The van der Waals surface area contributed by atoms with E-state index in [1.807, 2.05) is 67.7 Å². The van der Waals surface area contributed by atoms with Crippen LogP contribution in [-0.4, -0.2) is 114 Å². The number of unbranched alkanes of at least 4 members (excludes halogenated alkanes) is 9. The summed E-state index contributed by atoms with van der Waals surface area (Å²) in [7, 11) is -10.7. The molecule has 0 aliphatic heterocycles. The highest BCUT2D eigenvalue weighted by Gasteiger charge is 2.54. The molecule has 19 heteroatoms. The number of phosphoric acid groups is 2. The molecule has 0 heterocycles. The number of ether oxygens (including phenoxy) is 2. The van der Waals surface area contributed by atoms with Crippen LogP contribution in [0.4, 0.5) is 0 Å². The third-order valence-electron chi connectivity index (χ3n) is 10.0. The van der Waals surface area contributed by atoms with Crippen molar-refractivity contribution >= 4 is 27.6 Å². The van der Waals surface area contributed by atoms with Gasteiger partial charge in [-0.2, -0.15) is 0 Å². The van der Waals surface area contributed by atoms with Crippen LogP contribution in [0.25, 0.3) is 0 Å². The van der Waals surface area contributed by atoms with Crippen molar-refractivity contribution in [1.29, 1.82) is 0 Å². The lowest BCUT2D eigenvalue weighted by atomic mass is 9.85. The molecule has 6 unspecified atom stereocenters. The second-order valence-corrected chi connectivity index (χ2v) is 18.5. The molecule has 9 atom stereocenters. The largest absolute Gasteiger partial charge is 0.472 e. The van der Waals surface area contributed by atoms with E-state index in [1.54, 1.807) is 12.2 Å². The van der Waals surface area contributed by atoms with Crippen LogP contribution in [0.3, 0.4) is 0 Å². The Kier molecular flexibility index (Phi) is 34.4. The van der Waals surface area contributed by atoms with E-state index < -0.39 is 89.6 Å². The number of hydrogen-bond donors (Lipinski definition) is 8. The zero-order valence-corrected chi connectivity index (χ0v) is 40.5. The molecule has 1 rings (SSSR count). The molecule has 0 bridgehead atoms. The number of carbonyl (C=O) groups excluding carboxylic acids is 2. The van der Waals surface area contributed by atoms with E-state index in [0.717, 1.165) is 57.8 Å². The number of allylic oxidation sites excluding steroid dienone is 12. The van der Waals surface area contributed by atoms with Gasteiger partial charge in [-0.1, -0.05) is 137 Å². The molecule has 1 saturated carbocycles. The molecule has 0 aromatic heterocycles. The first-order valence-electron chi connectivity index (χ1n) is 23.2. The first-order valence-corrected chi connectivity index (χ1v) is 26.3. The third kappa shape index (κ3) is 31.2. The van der Waals surface area contributed by atoms with Gasteiger partial charge in [0.2, 0.25) is 0 Å². The minimum atomic E-state index is -5.38. The summed E-state index contributed by atoms with van der Waals surface area (Å²) in [4.78, 5) is 54.2. The van der Waals surface area contributed by atoms with Gasteiger partial charge in [-0.3, -0.25) is 23.2 Å². The standard InChI is InChI=1S/C47H78O17P2/c1-3-5-7-8-9-10-11-13-17-20-23-26-30-34-40(49)60-36-39(37-61-66(58,59)64-47-44(53)42(51)43(52)46(45(47)54)63-65(55,56)57)62-41(50)35-31-27-24-21-18-15-12-14-16-19-22-25-29-33-38(48)32-28-6-4-2/h6,10-11,14-16,18,22,24-25,27-29,33,38-39,42-48,51-54H,3-5,7-9,12-13,17,19-21,23,26,30-32,34-37H2,1-2H3,(H,58,59)(H2,55,56,57)/b11-10-,16-14-,18-15-,25-22+,27-24-,28-6-,33-29+/t38?,39-,42?,43?,44?,45?,46-,47+/m1/s1. The highest BCUT2D eigenvalue weighted by molar-refractivity contribution is 7.47. The van der Waals surface area contributed by atoms with Crippen LogP contribution >= 0.6 is 15.6 Å². The summed E-state index contributed by atoms with van der Waals surface area (Å²) in [6.45, 7) is 2.80. The van der Waals surface area contributed by atoms with E-state index in [2.05, 4.69) is 23.6 Å². The summed E-state index contributed by atoms with van der Waals surface area (Å²) in [5, 5.41) is 51.1. The predicted octanol–water partition coefficient (Wildman–Crippen LogP) is 7.58. The molecule has 1 fully saturated rings. The van der Waals surface area contributed by atoms with Gasteiger partial charge in [-0.05, 0) is 70.6 Å². The van der Waals surface area contributed by atoms with E-state index in [-0.39, 0.29) is 19.3 Å². The first kappa shape index (κ1) is 61.2. The van der Waals surface area contributed by atoms with E-state index in [1.165, 1.54) is 25.7 Å². The molecule has 17 nitrogen and oxygen atoms in total. The highest BCUT2D eigenvalue weighted by atomic mass is 31.2. The number of esters is 2. The summed E-state index contributed by atoms with van der Waals surface area (Å²) in [5.74, 6) is -1.34. The van der Waals surface area contributed by atoms with Gasteiger partial charge in [0, 0.05) is 12.8 Å². The van der Waals surface area contributed by atoms with Crippen molar-refractivity contribution in [3.05, 3.63) is 85.1 Å². The quantitative estimate of drug-likeness (QED) is 0.00979. The fourth-order valence-corrected chi connectivity index (χ4v) is 7.96. The average molecular weight is 977 g/mol. The van der Waals surface area contributed by atoms with Crippen molar-refractivity contribution in [3.8, 4) is 0 Å². The number of rotatable bonds is 37. The zero-order valence-electron chi connectivity index (χ0n) is 38.7. The summed E-state index contributed by atoms with van der Waals surface area (Å²) >= 11 is 0. The number of carbonyl (C=O) groups is 2. The van der Waals surface area contributed by atoms with Crippen LogP contribution in [0.5, 0.6) is 0 Å². The van der Waals surface area contributed by atoms with Gasteiger partial charge in [-0.15, -0.1) is 0 Å². The summed E-state index contributed by atoms with van der Waals surface area (Å²) in [6.07, 6.45) is 27.4. The van der Waals surface area contributed by atoms with Gasteiger partial charge in [-0.25, -0.2) is 9.13 Å². The van der Waals surface area contributed by atoms with Gasteiger partial charge in [0.15, 0.2) is 6.10 Å². The maximum Gasteiger partial charge on any atom is 0.472 e. The van der Waals surface area contributed by atoms with E-state index in [9.17, 15) is 49.1 Å². The number of aliphatic hydroxyl groups excluding tert-OH is 5. The molecule has 378 valence electrons. The molecule has 8 N–H and O–H groups in total. The highest BCUT2D eigenvalue weighted by Crippen LogP contribution is 2.49. The van der Waals surface area contributed by atoms with Crippen molar-refractivity contribution in [3.63, 3.8) is 0 Å². The van der Waals surface area contributed by atoms with E-state index in [4.69, 9.17) is 28.3 Å². The van der Waals surface area contributed by atoms with Crippen LogP contribution in [-0.2, 0) is 41.8 Å². The summed E-state index contributed by atoms with van der Waals surface area (Å²) < 4.78 is 49.2. The Morgan fingerprint density at radius 3 is 1.76 bits per heavy atom. The normalized spacial score (nSPS) is 22.8. The Balaban J connectivity index is 2.68. The van der Waals surface area contributed by atoms with Crippen molar-refractivity contribution in [1.82, 2.24) is 0 Å². The molecule has 0 aromatic rings. The number of hydrogen-bond acceptors (Lipinski definition) is 14. The predicted molar refractivity (Wildman–Crippen MR) is 251 cm³/mol. The minimum Gasteiger partial charge on any atom is -0.462 e. The van der Waals surface area contributed by atoms with Gasteiger partial charge in [0.1, 0.15) is 43.2 Å². The van der Waals surface area contributed by atoms with Gasteiger partial charge >= 0.3 is 27.6 Å². The number of aliphatic hydroxyl groups is 5. The van der Waals surface area contributed by atoms with Crippen LogP contribution in [0, 0.1) is 0 Å². The fourth-order valence-electron chi connectivity index (χ4n) is 6.42. The van der Waals surface area contributed by atoms with Gasteiger partial charge < -0.3 is 49.7 Å². The molecule has 0 saturated heterocycles. The molecule has 1 aliphatic carbocycles. The second-order valence-electron chi connectivity index (χ2n) is 15.9. The average Bonchev–Trinajstić information content (AvgIpc) is 3.26. The molecular weight excluding hydrogens is 898 g/mol. The minimum absolute atomic E-state index is 0.0825. The molecule has 0 aromatic carbocycles. The lowest BCUT2D eigenvalue weighted by Crippen LogP contribution is -2.64. The monoisotopic (exact) mass is 976 g/mol. The molecule has 0 amide bonds. The Bertz CT molecular complexity index is 1620. The summed E-state index contributed by atoms with van der Waals surface area (Å²) in [6, 6.07) is 0. The molecule has 0 radical (unpaired) electrons. The van der Waals surface area contributed by atoms with Crippen LogP contribution in [0.2, 0.25) is 0 Å². The molecule has 0 spiro atoms. The third-order valence-corrected chi connectivity index (χ3v) is 11.6. The lowest BCUT2D eigenvalue weighted by Gasteiger charge is -2.43. The summed E-state index contributed by atoms with van der Waals surface area (Å²) in [5.41, 5.74) is 0.